The van der Waals surface area contributed by atoms with Crippen LogP contribution in [0.4, 0.5) is 5.69 Å². The Balaban J connectivity index is 2.94. The van der Waals surface area contributed by atoms with Gasteiger partial charge in [0.05, 0.1) is 26.0 Å². The molecule has 0 fully saturated rings. The first kappa shape index (κ1) is 11.1. The van der Waals surface area contributed by atoms with Crippen LogP contribution in [0.5, 0.6) is 11.5 Å². The van der Waals surface area contributed by atoms with Gasteiger partial charge in [0.25, 0.3) is 0 Å². The Kier molecular flexibility index (Phi) is 2.51. The van der Waals surface area contributed by atoms with Crippen LogP contribution >= 0.6 is 0 Å². The molecule has 0 radical (unpaired) electrons. The summed E-state index contributed by atoms with van der Waals surface area (Å²) in [5.74, 6) is 0.138. The fraction of sp³-hybridized carbons (Fsp3) is 0.200. The summed E-state index contributed by atoms with van der Waals surface area (Å²) in [6, 6.07) is 0. The zero-order valence-corrected chi connectivity index (χ0v) is 9.30. The first-order valence-electron chi connectivity index (χ1n) is 4.70. The Morgan fingerprint density at radius 2 is 2.00 bits per heavy atom. The van der Waals surface area contributed by atoms with Crippen molar-refractivity contribution in [3.8, 4) is 22.8 Å². The molecule has 0 saturated heterocycles. The number of nitrogens with two attached hydrogens (primary N) is 1. The fourth-order valence-corrected chi connectivity index (χ4v) is 1.64. The summed E-state index contributed by atoms with van der Waals surface area (Å²) in [6.45, 7) is 0. The molecule has 0 aromatic carbocycles. The number of hydrogen-bond donors (Lipinski definition) is 2. The van der Waals surface area contributed by atoms with Gasteiger partial charge in [-0.05, 0) is 0 Å². The third-order valence-corrected chi connectivity index (χ3v) is 2.39. The normalized spacial score (nSPS) is 10.5. The number of methoxy groups -OCH3 is 2. The smallest absolute Gasteiger partial charge is 0.235 e. The lowest BCUT2D eigenvalue weighted by Gasteiger charge is -2.14. The second-order valence-corrected chi connectivity index (χ2v) is 3.33. The Morgan fingerprint density at radius 1 is 1.35 bits per heavy atom. The summed E-state index contributed by atoms with van der Waals surface area (Å²) < 4.78 is 10.7. The molecule has 0 amide bonds. The van der Waals surface area contributed by atoms with E-state index in [-0.39, 0.29) is 28.4 Å². The van der Waals surface area contributed by atoms with Crippen molar-refractivity contribution in [2.24, 2.45) is 0 Å². The predicted molar refractivity (Wildman–Crippen MR) is 59.8 cm³/mol. The molecule has 0 aromatic rings. The van der Waals surface area contributed by atoms with E-state index in [9.17, 15) is 10.0 Å². The molecule has 1 heterocycles. The maximum Gasteiger partial charge on any atom is 0.235 e. The highest BCUT2D eigenvalue weighted by Crippen LogP contribution is 2.37. The van der Waals surface area contributed by atoms with E-state index in [0.29, 0.717) is 4.73 Å². The van der Waals surface area contributed by atoms with Gasteiger partial charge in [-0.15, -0.1) is 0 Å². The maximum absolute atomic E-state index is 12.0. The van der Waals surface area contributed by atoms with E-state index in [1.807, 2.05) is 0 Å². The van der Waals surface area contributed by atoms with E-state index < -0.39 is 5.43 Å². The lowest BCUT2D eigenvalue weighted by molar-refractivity contribution is 0.181. The Morgan fingerprint density at radius 3 is 2.59 bits per heavy atom. The number of ether oxygens (including phenoxy) is 2. The lowest BCUT2D eigenvalue weighted by atomic mass is 10.1. The standard InChI is InChI=1S/C10H11N3O4/c1-16-9-6(11)7-5(3-13(15)4-12-7)8(14)10(9)17-2/h3-4,15H,11H2,1-2H3. The van der Waals surface area contributed by atoms with Gasteiger partial charge in [0.15, 0.2) is 5.75 Å². The van der Waals surface area contributed by atoms with Crippen LogP contribution in [0.15, 0.2) is 17.3 Å². The number of fused-ring (bicyclic) bond motifs is 1. The van der Waals surface area contributed by atoms with Crippen LogP contribution in [0.3, 0.4) is 0 Å². The van der Waals surface area contributed by atoms with Crippen molar-refractivity contribution >= 4 is 5.69 Å². The van der Waals surface area contributed by atoms with Crippen molar-refractivity contribution in [1.29, 1.82) is 0 Å². The zero-order valence-electron chi connectivity index (χ0n) is 9.30. The van der Waals surface area contributed by atoms with Crippen molar-refractivity contribution in [2.45, 2.75) is 0 Å². The van der Waals surface area contributed by atoms with Crippen LogP contribution in [0.25, 0.3) is 11.3 Å². The summed E-state index contributed by atoms with van der Waals surface area (Å²) in [5.41, 5.74) is 6.00. The molecule has 1 aliphatic carbocycles. The molecule has 7 nitrogen and oxygen atoms in total. The molecule has 0 bridgehead atoms. The lowest BCUT2D eigenvalue weighted by Crippen LogP contribution is -2.16. The molecule has 3 N–H and O–H groups in total. The minimum Gasteiger partial charge on any atom is -0.491 e. The van der Waals surface area contributed by atoms with Crippen LogP contribution in [0, 0.1) is 0 Å². The maximum atomic E-state index is 12.0. The number of nitrogen functional groups attached to an aromatic ring is 1. The fourth-order valence-electron chi connectivity index (χ4n) is 1.64. The summed E-state index contributed by atoms with van der Waals surface area (Å²) in [7, 11) is 2.72. The van der Waals surface area contributed by atoms with Crippen molar-refractivity contribution in [3.63, 3.8) is 0 Å². The molecule has 0 spiro atoms. The molecular weight excluding hydrogens is 226 g/mol. The van der Waals surface area contributed by atoms with Gasteiger partial charge in [-0.3, -0.25) is 4.79 Å². The molecule has 1 aliphatic heterocycles. The predicted octanol–water partition coefficient (Wildman–Crippen LogP) is 0.185. The van der Waals surface area contributed by atoms with Gasteiger partial charge in [0.2, 0.25) is 11.2 Å². The summed E-state index contributed by atoms with van der Waals surface area (Å²) >= 11 is 0. The SMILES string of the molecule is COc1c(N)c2ncn(O)cc-2c(=O)c1OC. The third-order valence-electron chi connectivity index (χ3n) is 2.39. The highest BCUT2D eigenvalue weighted by Gasteiger charge is 2.23. The Hall–Kier alpha value is -2.44. The summed E-state index contributed by atoms with van der Waals surface area (Å²) in [6.07, 6.45) is 2.34. The van der Waals surface area contributed by atoms with Crippen LogP contribution in [0.2, 0.25) is 0 Å². The summed E-state index contributed by atoms with van der Waals surface area (Å²) in [5, 5.41) is 9.24. The number of nitrogens with zero attached hydrogens (tertiary/aromatic N) is 2. The first-order valence-corrected chi connectivity index (χ1v) is 4.70. The van der Waals surface area contributed by atoms with Gasteiger partial charge >= 0.3 is 0 Å². The van der Waals surface area contributed by atoms with E-state index >= 15 is 0 Å². The molecule has 0 saturated carbocycles. The number of hydrogen-bond acceptors (Lipinski definition) is 6. The van der Waals surface area contributed by atoms with Gasteiger partial charge < -0.3 is 20.4 Å². The van der Waals surface area contributed by atoms with Gasteiger partial charge in [-0.1, -0.05) is 0 Å². The monoisotopic (exact) mass is 237 g/mol. The molecule has 7 heteroatoms. The third kappa shape index (κ3) is 1.52. The molecule has 2 aliphatic rings. The highest BCUT2D eigenvalue weighted by atomic mass is 16.5. The Bertz CT molecular complexity index is 593. The number of benzene rings is 1. The average Bonchev–Trinajstić information content (AvgIpc) is 2.33. The van der Waals surface area contributed by atoms with Crippen LogP contribution in [0.1, 0.15) is 0 Å². The van der Waals surface area contributed by atoms with Gasteiger partial charge in [0, 0.05) is 0 Å². The van der Waals surface area contributed by atoms with Crippen molar-refractivity contribution in [3.05, 3.63) is 22.7 Å². The van der Waals surface area contributed by atoms with Crippen LogP contribution in [-0.4, -0.2) is 29.1 Å². The first-order chi connectivity index (χ1) is 8.10. The van der Waals surface area contributed by atoms with Gasteiger partial charge in [-0.25, -0.2) is 4.98 Å². The minimum atomic E-state index is -0.440. The van der Waals surface area contributed by atoms with Crippen LogP contribution < -0.4 is 20.6 Å². The number of rotatable bonds is 2. The number of anilines is 1. The molecule has 2 rings (SSSR count). The highest BCUT2D eigenvalue weighted by molar-refractivity contribution is 5.82. The zero-order chi connectivity index (χ0) is 12.6. The number of aromatic nitrogens is 2. The van der Waals surface area contributed by atoms with E-state index in [0.717, 1.165) is 6.33 Å². The second-order valence-electron chi connectivity index (χ2n) is 3.33. The molecule has 0 aromatic heterocycles. The topological polar surface area (TPSA) is 99.6 Å². The average molecular weight is 237 g/mol. The molecule has 0 unspecified atom stereocenters. The van der Waals surface area contributed by atoms with E-state index in [1.165, 1.54) is 20.4 Å². The Labute approximate surface area is 96.3 Å². The largest absolute Gasteiger partial charge is 0.491 e. The minimum absolute atomic E-state index is 0.00880. The molecule has 90 valence electrons. The summed E-state index contributed by atoms with van der Waals surface area (Å²) in [4.78, 5) is 15.9. The molecule has 0 atom stereocenters. The quantitative estimate of drug-likeness (QED) is 0.571. The van der Waals surface area contributed by atoms with Gasteiger partial charge in [0.1, 0.15) is 17.7 Å². The van der Waals surface area contributed by atoms with E-state index in [2.05, 4.69) is 4.98 Å². The van der Waals surface area contributed by atoms with Gasteiger partial charge in [-0.2, -0.15) is 4.73 Å². The van der Waals surface area contributed by atoms with Crippen molar-refractivity contribution in [1.82, 2.24) is 9.71 Å². The van der Waals surface area contributed by atoms with Crippen molar-refractivity contribution in [2.75, 3.05) is 20.0 Å². The van der Waals surface area contributed by atoms with Crippen molar-refractivity contribution < 1.29 is 14.7 Å². The molecular formula is C10H11N3O4. The second kappa shape index (κ2) is 3.85. The van der Waals surface area contributed by atoms with Crippen LogP contribution in [-0.2, 0) is 0 Å². The van der Waals surface area contributed by atoms with E-state index in [1.54, 1.807) is 0 Å². The van der Waals surface area contributed by atoms with E-state index in [4.69, 9.17) is 15.2 Å². The molecule has 17 heavy (non-hydrogen) atoms.